The fraction of sp³-hybridized carbons (Fsp3) is 0.200. The molecule has 1 aliphatic carbocycles. The van der Waals surface area contributed by atoms with Crippen molar-refractivity contribution in [3.05, 3.63) is 71.1 Å². The lowest BCUT2D eigenvalue weighted by molar-refractivity contribution is 0.623. The summed E-state index contributed by atoms with van der Waals surface area (Å²) in [6.45, 7) is 1.85. The smallest absolute Gasteiger partial charge is 0.220 e. The number of hydrogen-bond donors (Lipinski definition) is 2. The van der Waals surface area contributed by atoms with Crippen LogP contribution in [0.4, 0.5) is 10.3 Å². The minimum absolute atomic E-state index is 0.0273. The number of pyridine rings is 1. The van der Waals surface area contributed by atoms with Gasteiger partial charge in [0, 0.05) is 29.2 Å². The summed E-state index contributed by atoms with van der Waals surface area (Å²) in [5.41, 5.74) is 11.3. The summed E-state index contributed by atoms with van der Waals surface area (Å²) in [5.74, 6) is -0.0397. The Morgan fingerprint density at radius 1 is 1.19 bits per heavy atom. The number of aryl methyl sites for hydroxylation is 1. The molecule has 0 spiro atoms. The summed E-state index contributed by atoms with van der Waals surface area (Å²) < 4.78 is 13.9. The summed E-state index contributed by atoms with van der Waals surface area (Å²) in [6, 6.07) is 8.55. The van der Waals surface area contributed by atoms with E-state index in [1.165, 1.54) is 12.1 Å². The molecule has 0 fully saturated rings. The van der Waals surface area contributed by atoms with Crippen LogP contribution in [0.5, 0.6) is 0 Å². The van der Waals surface area contributed by atoms with Crippen LogP contribution in [0, 0.1) is 18.2 Å². The molecular formula is C20H18FN5. The molecule has 26 heavy (non-hydrogen) atoms. The van der Waals surface area contributed by atoms with Gasteiger partial charge in [-0.25, -0.2) is 14.4 Å². The molecule has 2 heterocycles. The highest BCUT2D eigenvalue weighted by Gasteiger charge is 2.29. The first-order valence-corrected chi connectivity index (χ1v) is 8.43. The zero-order chi connectivity index (χ0) is 18.3. The van der Waals surface area contributed by atoms with Gasteiger partial charge < -0.3 is 11.1 Å². The molecule has 0 bridgehead atoms. The van der Waals surface area contributed by atoms with E-state index in [9.17, 15) is 4.39 Å². The second kappa shape index (κ2) is 6.29. The van der Waals surface area contributed by atoms with Crippen LogP contribution in [-0.2, 0) is 6.42 Å². The minimum atomic E-state index is -0.290. The van der Waals surface area contributed by atoms with Crippen molar-refractivity contribution in [3.8, 4) is 11.1 Å². The van der Waals surface area contributed by atoms with Crippen LogP contribution in [0.15, 0.2) is 42.7 Å². The van der Waals surface area contributed by atoms with E-state index in [2.05, 4.69) is 15.0 Å². The van der Waals surface area contributed by atoms with E-state index < -0.39 is 0 Å². The van der Waals surface area contributed by atoms with Gasteiger partial charge in [0.1, 0.15) is 5.82 Å². The van der Waals surface area contributed by atoms with E-state index in [0.717, 1.165) is 33.6 Å². The molecule has 1 atom stereocenters. The van der Waals surface area contributed by atoms with Crippen molar-refractivity contribution in [2.45, 2.75) is 25.7 Å². The number of nitrogen functional groups attached to an aromatic ring is 1. The van der Waals surface area contributed by atoms with Crippen LogP contribution in [0.25, 0.3) is 11.1 Å². The molecule has 0 saturated heterocycles. The number of halogens is 1. The molecular weight excluding hydrogens is 329 g/mol. The second-order valence-electron chi connectivity index (χ2n) is 6.55. The Morgan fingerprint density at radius 2 is 2.04 bits per heavy atom. The fourth-order valence-corrected chi connectivity index (χ4v) is 3.73. The number of aromatic nitrogens is 3. The van der Waals surface area contributed by atoms with Crippen molar-refractivity contribution in [1.29, 1.82) is 5.41 Å². The first-order chi connectivity index (χ1) is 12.5. The average molecular weight is 347 g/mol. The molecule has 0 saturated carbocycles. The lowest BCUT2D eigenvalue weighted by Gasteiger charge is -2.27. The number of nitrogens with zero attached hydrogens (tertiary/aromatic N) is 3. The lowest BCUT2D eigenvalue weighted by Crippen LogP contribution is -2.23. The number of nitrogens with one attached hydrogen (secondary N) is 1. The summed E-state index contributed by atoms with van der Waals surface area (Å²) in [7, 11) is 0. The molecule has 6 heteroatoms. The van der Waals surface area contributed by atoms with Crippen molar-refractivity contribution in [2.75, 3.05) is 5.73 Å². The Kier molecular flexibility index (Phi) is 3.95. The van der Waals surface area contributed by atoms with Crippen molar-refractivity contribution < 1.29 is 4.39 Å². The highest BCUT2D eigenvalue weighted by atomic mass is 19.1. The Morgan fingerprint density at radius 3 is 2.81 bits per heavy atom. The monoisotopic (exact) mass is 347 g/mol. The van der Waals surface area contributed by atoms with E-state index >= 15 is 0 Å². The molecule has 2 aromatic heterocycles. The average Bonchev–Trinajstić information content (AvgIpc) is 2.61. The van der Waals surface area contributed by atoms with Gasteiger partial charge in [-0.15, -0.1) is 0 Å². The molecule has 130 valence electrons. The number of benzene rings is 1. The number of fused-ring (bicyclic) bond motifs is 1. The van der Waals surface area contributed by atoms with Gasteiger partial charge >= 0.3 is 0 Å². The van der Waals surface area contributed by atoms with Crippen LogP contribution in [0.1, 0.15) is 34.9 Å². The highest BCUT2D eigenvalue weighted by Crippen LogP contribution is 2.38. The molecule has 1 aromatic carbocycles. The molecule has 3 aromatic rings. The number of hydrogen-bond acceptors (Lipinski definition) is 5. The fourth-order valence-electron chi connectivity index (χ4n) is 3.73. The zero-order valence-electron chi connectivity index (χ0n) is 14.3. The second-order valence-corrected chi connectivity index (χ2v) is 6.55. The summed E-state index contributed by atoms with van der Waals surface area (Å²) in [6.07, 6.45) is 4.62. The van der Waals surface area contributed by atoms with Crippen molar-refractivity contribution in [3.63, 3.8) is 0 Å². The maximum atomic E-state index is 13.9. The number of nitrogens with two attached hydrogens (primary N) is 1. The topological polar surface area (TPSA) is 88.5 Å². The number of rotatable bonds is 2. The van der Waals surface area contributed by atoms with Crippen LogP contribution in [-0.4, -0.2) is 20.7 Å². The Balaban J connectivity index is 1.81. The molecule has 3 N–H and O–H groups in total. The standard InChI is InChI=1S/C20H18FN5/c1-11-19-17(22)7-13(8-18(19)26-20(23)25-11)15-5-4-14(21)9-16(15)12-3-2-6-24-10-12/h2-6,9-10,13,22H,7-8H2,1H3,(H2,23,25,26)/t13-/m0/s1. The quantitative estimate of drug-likeness (QED) is 0.740. The van der Waals surface area contributed by atoms with Crippen LogP contribution >= 0.6 is 0 Å². The van der Waals surface area contributed by atoms with E-state index in [1.807, 2.05) is 19.1 Å². The van der Waals surface area contributed by atoms with Gasteiger partial charge in [-0.3, -0.25) is 4.98 Å². The van der Waals surface area contributed by atoms with E-state index in [4.69, 9.17) is 11.1 Å². The predicted octanol–water partition coefficient (Wildman–Crippen LogP) is 3.67. The van der Waals surface area contributed by atoms with Gasteiger partial charge in [0.25, 0.3) is 0 Å². The van der Waals surface area contributed by atoms with Gasteiger partial charge in [0.05, 0.1) is 11.4 Å². The third-order valence-corrected chi connectivity index (χ3v) is 4.80. The van der Waals surface area contributed by atoms with E-state index in [-0.39, 0.29) is 17.7 Å². The molecule has 5 nitrogen and oxygen atoms in total. The largest absolute Gasteiger partial charge is 0.368 e. The van der Waals surface area contributed by atoms with E-state index in [0.29, 0.717) is 18.6 Å². The third-order valence-electron chi connectivity index (χ3n) is 4.80. The summed E-state index contributed by atoms with van der Waals surface area (Å²) in [4.78, 5) is 12.7. The first-order valence-electron chi connectivity index (χ1n) is 8.43. The molecule has 0 amide bonds. The molecule has 0 radical (unpaired) electrons. The highest BCUT2D eigenvalue weighted by molar-refractivity contribution is 6.01. The SMILES string of the molecule is Cc1nc(N)nc2c1C(=N)C[C@H](c1ccc(F)cc1-c1cccnc1)C2. The third kappa shape index (κ3) is 2.83. The first kappa shape index (κ1) is 16.3. The van der Waals surface area contributed by atoms with E-state index in [1.54, 1.807) is 18.5 Å². The lowest BCUT2D eigenvalue weighted by atomic mass is 9.78. The molecule has 0 unspecified atom stereocenters. The zero-order valence-corrected chi connectivity index (χ0v) is 14.3. The van der Waals surface area contributed by atoms with Crippen LogP contribution in [0.2, 0.25) is 0 Å². The Labute approximate surface area is 150 Å². The summed E-state index contributed by atoms with van der Waals surface area (Å²) in [5, 5.41) is 8.47. The van der Waals surface area contributed by atoms with Gasteiger partial charge in [-0.05, 0) is 55.0 Å². The van der Waals surface area contributed by atoms with Gasteiger partial charge in [0.2, 0.25) is 5.95 Å². The summed E-state index contributed by atoms with van der Waals surface area (Å²) >= 11 is 0. The Bertz CT molecular complexity index is 1000. The van der Waals surface area contributed by atoms with Gasteiger partial charge in [-0.1, -0.05) is 12.1 Å². The number of anilines is 1. The van der Waals surface area contributed by atoms with Crippen molar-refractivity contribution in [2.24, 2.45) is 0 Å². The van der Waals surface area contributed by atoms with Crippen molar-refractivity contribution in [1.82, 2.24) is 15.0 Å². The molecule has 0 aliphatic heterocycles. The maximum Gasteiger partial charge on any atom is 0.220 e. The van der Waals surface area contributed by atoms with Gasteiger partial charge in [0.15, 0.2) is 0 Å². The Hall–Kier alpha value is -3.15. The molecule has 4 rings (SSSR count). The molecule has 1 aliphatic rings. The normalized spacial score (nSPS) is 16.4. The predicted molar refractivity (Wildman–Crippen MR) is 98.7 cm³/mol. The maximum absolute atomic E-state index is 13.9. The van der Waals surface area contributed by atoms with Crippen molar-refractivity contribution >= 4 is 11.7 Å². The van der Waals surface area contributed by atoms with Gasteiger partial charge in [-0.2, -0.15) is 0 Å². The van der Waals surface area contributed by atoms with Crippen LogP contribution in [0.3, 0.4) is 0 Å². The minimum Gasteiger partial charge on any atom is -0.368 e. The van der Waals surface area contributed by atoms with Crippen LogP contribution < -0.4 is 5.73 Å².